The van der Waals surface area contributed by atoms with Crippen molar-refractivity contribution < 1.29 is 28.2 Å². The fourth-order valence-corrected chi connectivity index (χ4v) is 6.65. The minimum atomic E-state index is -0.615. The summed E-state index contributed by atoms with van der Waals surface area (Å²) in [5, 5.41) is 11.7. The van der Waals surface area contributed by atoms with Crippen molar-refractivity contribution in [2.24, 2.45) is 7.05 Å². The SMILES string of the molecule is COc1ccc2c3c(n(C)c2c1)[C@@H](CO)N(C(=O)c1ccc(F)cc1)CC31CCN(C(=O)c2ccc(F)cc2)CC1. The number of halogens is 2. The average Bonchev–Trinajstić information content (AvgIpc) is 3.30. The van der Waals surface area contributed by atoms with Crippen molar-refractivity contribution in [1.29, 1.82) is 0 Å². The zero-order valence-corrected chi connectivity index (χ0v) is 22.9. The van der Waals surface area contributed by atoms with E-state index in [1.807, 2.05) is 29.8 Å². The van der Waals surface area contributed by atoms with E-state index in [-0.39, 0.29) is 18.4 Å². The third-order valence-electron chi connectivity index (χ3n) is 8.77. The van der Waals surface area contributed by atoms with Gasteiger partial charge < -0.3 is 24.2 Å². The highest BCUT2D eigenvalue weighted by Gasteiger charge is 2.50. The first-order valence-electron chi connectivity index (χ1n) is 13.7. The molecule has 0 bridgehead atoms. The van der Waals surface area contributed by atoms with Gasteiger partial charge in [-0.2, -0.15) is 0 Å². The van der Waals surface area contributed by atoms with Crippen LogP contribution in [0.15, 0.2) is 66.7 Å². The van der Waals surface area contributed by atoms with Crippen molar-refractivity contribution in [3.63, 3.8) is 0 Å². The number of aryl methyl sites for hydroxylation is 1. The van der Waals surface area contributed by atoms with Gasteiger partial charge in [-0.25, -0.2) is 8.78 Å². The molecule has 4 aromatic rings. The highest BCUT2D eigenvalue weighted by atomic mass is 19.1. The molecule has 1 fully saturated rings. The van der Waals surface area contributed by atoms with Gasteiger partial charge in [0.25, 0.3) is 11.8 Å². The zero-order valence-electron chi connectivity index (χ0n) is 22.9. The fourth-order valence-electron chi connectivity index (χ4n) is 6.65. The quantitative estimate of drug-likeness (QED) is 0.389. The molecule has 0 unspecified atom stereocenters. The maximum atomic E-state index is 13.9. The number of piperidine rings is 1. The Balaban J connectivity index is 1.43. The summed E-state index contributed by atoms with van der Waals surface area (Å²) in [4.78, 5) is 30.6. The lowest BCUT2D eigenvalue weighted by molar-refractivity contribution is 0.0317. The van der Waals surface area contributed by atoms with Crippen LogP contribution in [0, 0.1) is 11.6 Å². The molecule has 2 aliphatic rings. The predicted octanol–water partition coefficient (Wildman–Crippen LogP) is 4.83. The summed E-state index contributed by atoms with van der Waals surface area (Å²) in [6.45, 7) is 0.951. The fraction of sp³-hybridized carbons (Fsp3) is 0.312. The summed E-state index contributed by atoms with van der Waals surface area (Å²) in [6, 6.07) is 16.3. The summed E-state index contributed by atoms with van der Waals surface area (Å²) >= 11 is 0. The van der Waals surface area contributed by atoms with Gasteiger partial charge in [-0.15, -0.1) is 0 Å². The maximum Gasteiger partial charge on any atom is 0.254 e. The first-order chi connectivity index (χ1) is 19.8. The Morgan fingerprint density at radius 1 is 0.927 bits per heavy atom. The largest absolute Gasteiger partial charge is 0.497 e. The van der Waals surface area contributed by atoms with Crippen LogP contribution in [0.4, 0.5) is 8.78 Å². The topological polar surface area (TPSA) is 75.0 Å². The number of methoxy groups -OCH3 is 1. The molecule has 3 heterocycles. The number of fused-ring (bicyclic) bond motifs is 4. The summed E-state index contributed by atoms with van der Waals surface area (Å²) in [6.07, 6.45) is 1.17. The Bertz CT molecular complexity index is 1620. The lowest BCUT2D eigenvalue weighted by atomic mass is 9.68. The average molecular weight is 560 g/mol. The van der Waals surface area contributed by atoms with Gasteiger partial charge in [-0.3, -0.25) is 9.59 Å². The Morgan fingerprint density at radius 3 is 2.07 bits per heavy atom. The van der Waals surface area contributed by atoms with Gasteiger partial charge in [-0.1, -0.05) is 0 Å². The van der Waals surface area contributed by atoms with Crippen LogP contribution < -0.4 is 4.74 Å². The van der Waals surface area contributed by atoms with Crippen molar-refractivity contribution in [3.05, 3.63) is 101 Å². The molecule has 1 aromatic heterocycles. The summed E-state index contributed by atoms with van der Waals surface area (Å²) in [7, 11) is 3.54. The molecular weight excluding hydrogens is 528 g/mol. The number of amides is 2. The van der Waals surface area contributed by atoms with E-state index in [4.69, 9.17) is 4.74 Å². The van der Waals surface area contributed by atoms with E-state index in [1.54, 1.807) is 16.9 Å². The minimum Gasteiger partial charge on any atom is -0.497 e. The normalized spacial score (nSPS) is 18.0. The summed E-state index contributed by atoms with van der Waals surface area (Å²) in [5.74, 6) is -0.582. The molecule has 6 rings (SSSR count). The number of likely N-dealkylation sites (tertiary alicyclic amines) is 1. The number of aliphatic hydroxyl groups is 1. The molecule has 2 aliphatic heterocycles. The molecular formula is C32H31F2N3O4. The molecule has 9 heteroatoms. The van der Waals surface area contributed by atoms with Crippen LogP contribution in [-0.2, 0) is 12.5 Å². The minimum absolute atomic E-state index is 0.161. The molecule has 1 N–H and O–H groups in total. The van der Waals surface area contributed by atoms with Gasteiger partial charge in [0.15, 0.2) is 0 Å². The third-order valence-corrected chi connectivity index (χ3v) is 8.77. The number of aliphatic hydroxyl groups excluding tert-OH is 1. The van der Waals surface area contributed by atoms with E-state index in [0.717, 1.165) is 22.2 Å². The second-order valence-electron chi connectivity index (χ2n) is 10.9. The summed E-state index contributed by atoms with van der Waals surface area (Å²) < 4.78 is 34.6. The van der Waals surface area contributed by atoms with Crippen LogP contribution >= 0.6 is 0 Å². The molecule has 41 heavy (non-hydrogen) atoms. The van der Waals surface area contributed by atoms with Crippen molar-refractivity contribution in [2.45, 2.75) is 24.3 Å². The number of nitrogens with zero attached hydrogens (tertiary/aromatic N) is 3. The van der Waals surface area contributed by atoms with Gasteiger partial charge >= 0.3 is 0 Å². The highest BCUT2D eigenvalue weighted by molar-refractivity contribution is 5.96. The second kappa shape index (κ2) is 10.3. The molecule has 1 spiro atoms. The van der Waals surface area contributed by atoms with Crippen LogP contribution in [-0.4, -0.2) is 64.6 Å². The lowest BCUT2D eigenvalue weighted by Crippen LogP contribution is -2.56. The Morgan fingerprint density at radius 2 is 1.51 bits per heavy atom. The van der Waals surface area contributed by atoms with Gasteiger partial charge in [0.05, 0.1) is 25.3 Å². The van der Waals surface area contributed by atoms with Crippen molar-refractivity contribution in [3.8, 4) is 5.75 Å². The molecule has 0 radical (unpaired) electrons. The van der Waals surface area contributed by atoms with Gasteiger partial charge in [-0.05, 0) is 79.1 Å². The smallest absolute Gasteiger partial charge is 0.254 e. The Labute approximate surface area is 236 Å². The van der Waals surface area contributed by atoms with Gasteiger partial charge in [0.1, 0.15) is 17.4 Å². The first kappa shape index (κ1) is 27.0. The maximum absolute atomic E-state index is 13.9. The molecule has 2 amide bonds. The molecule has 0 saturated carbocycles. The second-order valence-corrected chi connectivity index (χ2v) is 10.9. The molecule has 1 atom stereocenters. The van der Waals surface area contributed by atoms with E-state index in [9.17, 15) is 23.5 Å². The molecule has 3 aromatic carbocycles. The molecule has 212 valence electrons. The number of carbonyl (C=O) groups is 2. The van der Waals surface area contributed by atoms with Crippen molar-refractivity contribution in [2.75, 3.05) is 33.4 Å². The third kappa shape index (κ3) is 4.44. The van der Waals surface area contributed by atoms with E-state index in [1.165, 1.54) is 48.5 Å². The van der Waals surface area contributed by atoms with Crippen LogP contribution in [0.2, 0.25) is 0 Å². The zero-order chi connectivity index (χ0) is 28.9. The molecule has 7 nitrogen and oxygen atoms in total. The van der Waals surface area contributed by atoms with Crippen LogP contribution in [0.1, 0.15) is 50.9 Å². The number of hydrogen-bond donors (Lipinski definition) is 1. The van der Waals surface area contributed by atoms with Crippen LogP contribution in [0.25, 0.3) is 10.9 Å². The van der Waals surface area contributed by atoms with E-state index in [0.29, 0.717) is 49.4 Å². The van der Waals surface area contributed by atoms with Crippen LogP contribution in [0.3, 0.4) is 0 Å². The standard InChI is InChI=1S/C32H31F2N3O4/c1-35-26-17-24(41-2)11-12-25(26)28-29(35)27(18-38)37(31(40)21-5-9-23(34)10-6-21)19-32(28)13-15-36(16-14-32)30(39)20-3-7-22(33)8-4-20/h3-12,17,27,38H,13-16,18-19H2,1-2H3/t27-/m1/s1. The van der Waals surface area contributed by atoms with E-state index in [2.05, 4.69) is 0 Å². The Kier molecular flexibility index (Phi) is 6.77. The monoisotopic (exact) mass is 559 g/mol. The number of benzene rings is 3. The predicted molar refractivity (Wildman–Crippen MR) is 150 cm³/mol. The number of hydrogen-bond acceptors (Lipinski definition) is 4. The molecule has 1 saturated heterocycles. The highest BCUT2D eigenvalue weighted by Crippen LogP contribution is 2.50. The molecule has 0 aliphatic carbocycles. The lowest BCUT2D eigenvalue weighted by Gasteiger charge is -2.50. The van der Waals surface area contributed by atoms with Crippen LogP contribution in [0.5, 0.6) is 5.75 Å². The number of aromatic nitrogens is 1. The van der Waals surface area contributed by atoms with Gasteiger partial charge in [0.2, 0.25) is 0 Å². The van der Waals surface area contributed by atoms with Crippen molar-refractivity contribution >= 4 is 22.7 Å². The number of rotatable bonds is 4. The Hall–Kier alpha value is -4.24. The van der Waals surface area contributed by atoms with Crippen molar-refractivity contribution in [1.82, 2.24) is 14.4 Å². The van der Waals surface area contributed by atoms with E-state index < -0.39 is 23.1 Å². The summed E-state index contributed by atoms with van der Waals surface area (Å²) in [5.41, 5.74) is 3.12. The first-order valence-corrected chi connectivity index (χ1v) is 13.7. The van der Waals surface area contributed by atoms with E-state index >= 15 is 0 Å². The number of carbonyl (C=O) groups excluding carboxylic acids is 2. The van der Waals surface area contributed by atoms with Gasteiger partial charge in [0, 0.05) is 60.4 Å². The number of ether oxygens (including phenoxy) is 1.